The molecule has 1 aliphatic heterocycles. The van der Waals surface area contributed by atoms with E-state index in [2.05, 4.69) is 15.9 Å². The number of hydrogen-bond donors (Lipinski definition) is 0. The van der Waals surface area contributed by atoms with E-state index in [0.717, 1.165) is 25.9 Å². The van der Waals surface area contributed by atoms with Gasteiger partial charge in [-0.2, -0.15) is 0 Å². The van der Waals surface area contributed by atoms with E-state index in [0.29, 0.717) is 16.5 Å². The highest BCUT2D eigenvalue weighted by Gasteiger charge is 2.18. The molecule has 0 saturated carbocycles. The molecule has 0 bridgehead atoms. The van der Waals surface area contributed by atoms with Crippen molar-refractivity contribution in [2.75, 3.05) is 6.61 Å². The first-order chi connectivity index (χ1) is 8.16. The van der Waals surface area contributed by atoms with Crippen molar-refractivity contribution in [3.8, 4) is 0 Å². The Kier molecular flexibility index (Phi) is 4.29. The SMILES string of the molecule is O=C(CCC1CCCO1)c1cc(F)ccc1Br. The summed E-state index contributed by atoms with van der Waals surface area (Å²) in [5, 5.41) is 0. The van der Waals surface area contributed by atoms with Crippen LogP contribution < -0.4 is 0 Å². The van der Waals surface area contributed by atoms with Crippen LogP contribution in [0.1, 0.15) is 36.0 Å². The monoisotopic (exact) mass is 300 g/mol. The van der Waals surface area contributed by atoms with Gasteiger partial charge < -0.3 is 4.74 Å². The number of rotatable bonds is 4. The van der Waals surface area contributed by atoms with E-state index in [-0.39, 0.29) is 17.7 Å². The van der Waals surface area contributed by atoms with Crippen LogP contribution in [0, 0.1) is 5.82 Å². The average molecular weight is 301 g/mol. The van der Waals surface area contributed by atoms with Crippen LogP contribution in [0.25, 0.3) is 0 Å². The summed E-state index contributed by atoms with van der Waals surface area (Å²) < 4.78 is 19.2. The molecule has 1 aliphatic rings. The number of ether oxygens (including phenoxy) is 1. The molecule has 0 aromatic heterocycles. The lowest BCUT2D eigenvalue weighted by Crippen LogP contribution is -2.09. The van der Waals surface area contributed by atoms with E-state index in [4.69, 9.17) is 4.74 Å². The number of carbonyl (C=O) groups excluding carboxylic acids is 1. The number of halogens is 2. The maximum atomic E-state index is 13.1. The van der Waals surface area contributed by atoms with Crippen LogP contribution in [-0.2, 0) is 4.74 Å². The van der Waals surface area contributed by atoms with Gasteiger partial charge in [-0.25, -0.2) is 4.39 Å². The molecule has 1 atom stereocenters. The second-order valence-electron chi connectivity index (χ2n) is 4.22. The fourth-order valence-corrected chi connectivity index (χ4v) is 2.48. The molecule has 1 fully saturated rings. The Labute approximate surface area is 108 Å². The van der Waals surface area contributed by atoms with Gasteiger partial charge in [-0.05, 0) is 37.5 Å². The van der Waals surface area contributed by atoms with Crippen LogP contribution in [-0.4, -0.2) is 18.5 Å². The molecular formula is C13H14BrFO2. The quantitative estimate of drug-likeness (QED) is 0.792. The normalized spacial score (nSPS) is 19.5. The Morgan fingerprint density at radius 1 is 1.53 bits per heavy atom. The van der Waals surface area contributed by atoms with Gasteiger partial charge in [0.05, 0.1) is 6.10 Å². The highest BCUT2D eigenvalue weighted by Crippen LogP contribution is 2.22. The van der Waals surface area contributed by atoms with Gasteiger partial charge >= 0.3 is 0 Å². The van der Waals surface area contributed by atoms with Gasteiger partial charge in [-0.15, -0.1) is 0 Å². The fraction of sp³-hybridized carbons (Fsp3) is 0.462. The molecule has 92 valence electrons. The predicted molar refractivity (Wildman–Crippen MR) is 66.6 cm³/mol. The third kappa shape index (κ3) is 3.36. The second-order valence-corrected chi connectivity index (χ2v) is 5.08. The van der Waals surface area contributed by atoms with Crippen molar-refractivity contribution in [3.05, 3.63) is 34.1 Å². The second kappa shape index (κ2) is 5.74. The van der Waals surface area contributed by atoms with Crippen molar-refractivity contribution < 1.29 is 13.9 Å². The summed E-state index contributed by atoms with van der Waals surface area (Å²) in [4.78, 5) is 11.9. The van der Waals surface area contributed by atoms with Crippen LogP contribution in [0.15, 0.2) is 22.7 Å². The fourth-order valence-electron chi connectivity index (χ4n) is 2.01. The Bertz CT molecular complexity index is 414. The predicted octanol–water partition coefficient (Wildman–Crippen LogP) is 3.73. The molecule has 0 spiro atoms. The summed E-state index contributed by atoms with van der Waals surface area (Å²) in [6.45, 7) is 0.794. The first kappa shape index (κ1) is 12.7. The minimum Gasteiger partial charge on any atom is -0.378 e. The number of carbonyl (C=O) groups is 1. The minimum absolute atomic E-state index is 0.0353. The largest absolute Gasteiger partial charge is 0.378 e. The Morgan fingerprint density at radius 3 is 3.06 bits per heavy atom. The summed E-state index contributed by atoms with van der Waals surface area (Å²) >= 11 is 3.27. The van der Waals surface area contributed by atoms with Crippen LogP contribution >= 0.6 is 15.9 Å². The number of ketones is 1. The van der Waals surface area contributed by atoms with E-state index in [1.54, 1.807) is 6.07 Å². The van der Waals surface area contributed by atoms with Crippen LogP contribution in [0.4, 0.5) is 4.39 Å². The molecule has 1 saturated heterocycles. The Balaban J connectivity index is 1.96. The maximum absolute atomic E-state index is 13.1. The first-order valence-corrected chi connectivity index (χ1v) is 6.56. The Morgan fingerprint density at radius 2 is 2.35 bits per heavy atom. The van der Waals surface area contributed by atoms with Gasteiger partial charge in [0.25, 0.3) is 0 Å². The highest BCUT2D eigenvalue weighted by atomic mass is 79.9. The maximum Gasteiger partial charge on any atom is 0.164 e. The zero-order valence-corrected chi connectivity index (χ0v) is 11.0. The summed E-state index contributed by atoms with van der Waals surface area (Å²) in [7, 11) is 0. The molecule has 2 rings (SSSR count). The first-order valence-electron chi connectivity index (χ1n) is 5.76. The van der Waals surface area contributed by atoms with Gasteiger partial charge in [-0.1, -0.05) is 15.9 Å². The lowest BCUT2D eigenvalue weighted by molar-refractivity contribution is 0.0858. The summed E-state index contributed by atoms with van der Waals surface area (Å²) in [5.74, 6) is -0.416. The number of Topliss-reactive ketones (excluding diaryl/α,β-unsaturated/α-hetero) is 1. The molecule has 2 nitrogen and oxygen atoms in total. The number of hydrogen-bond acceptors (Lipinski definition) is 2. The lowest BCUT2D eigenvalue weighted by Gasteiger charge is -2.09. The third-order valence-electron chi connectivity index (χ3n) is 2.95. The zero-order chi connectivity index (χ0) is 12.3. The molecule has 0 aliphatic carbocycles. The molecular weight excluding hydrogens is 287 g/mol. The van der Waals surface area contributed by atoms with E-state index in [9.17, 15) is 9.18 Å². The standard InChI is InChI=1S/C13H14BrFO2/c14-12-5-3-9(15)8-11(12)13(16)6-4-10-2-1-7-17-10/h3,5,8,10H,1-2,4,6-7H2. The molecule has 1 aromatic rings. The van der Waals surface area contributed by atoms with Crippen molar-refractivity contribution >= 4 is 21.7 Å². The molecule has 1 heterocycles. The lowest BCUT2D eigenvalue weighted by atomic mass is 10.0. The van der Waals surface area contributed by atoms with Gasteiger partial charge in [0.2, 0.25) is 0 Å². The topological polar surface area (TPSA) is 26.3 Å². The molecule has 1 unspecified atom stereocenters. The van der Waals surface area contributed by atoms with Crippen molar-refractivity contribution in [1.29, 1.82) is 0 Å². The third-order valence-corrected chi connectivity index (χ3v) is 3.64. The van der Waals surface area contributed by atoms with E-state index in [1.807, 2.05) is 0 Å². The molecule has 4 heteroatoms. The van der Waals surface area contributed by atoms with Crippen molar-refractivity contribution in [2.24, 2.45) is 0 Å². The molecule has 0 N–H and O–H groups in total. The summed E-state index contributed by atoms with van der Waals surface area (Å²) in [6.07, 6.45) is 3.43. The average Bonchev–Trinajstić information content (AvgIpc) is 2.82. The van der Waals surface area contributed by atoms with Gasteiger partial charge in [-0.3, -0.25) is 4.79 Å². The minimum atomic E-state index is -0.381. The summed E-state index contributed by atoms with van der Waals surface area (Å²) in [6, 6.07) is 4.18. The van der Waals surface area contributed by atoms with Crippen molar-refractivity contribution in [2.45, 2.75) is 31.8 Å². The summed E-state index contributed by atoms with van der Waals surface area (Å²) in [5.41, 5.74) is 0.419. The van der Waals surface area contributed by atoms with Crippen LogP contribution in [0.3, 0.4) is 0 Å². The molecule has 0 radical (unpaired) electrons. The number of benzene rings is 1. The Hall–Kier alpha value is -0.740. The molecule has 0 amide bonds. The van der Waals surface area contributed by atoms with Crippen LogP contribution in [0.2, 0.25) is 0 Å². The highest BCUT2D eigenvalue weighted by molar-refractivity contribution is 9.10. The zero-order valence-electron chi connectivity index (χ0n) is 9.42. The molecule has 17 heavy (non-hydrogen) atoms. The van der Waals surface area contributed by atoms with Gasteiger partial charge in [0.1, 0.15) is 5.82 Å². The molecule has 1 aromatic carbocycles. The van der Waals surface area contributed by atoms with E-state index in [1.165, 1.54) is 12.1 Å². The smallest absolute Gasteiger partial charge is 0.164 e. The van der Waals surface area contributed by atoms with Crippen molar-refractivity contribution in [3.63, 3.8) is 0 Å². The van der Waals surface area contributed by atoms with E-state index >= 15 is 0 Å². The van der Waals surface area contributed by atoms with Gasteiger partial charge in [0.15, 0.2) is 5.78 Å². The van der Waals surface area contributed by atoms with Gasteiger partial charge in [0, 0.05) is 23.1 Å². The van der Waals surface area contributed by atoms with E-state index < -0.39 is 0 Å². The van der Waals surface area contributed by atoms with Crippen molar-refractivity contribution in [1.82, 2.24) is 0 Å². The van der Waals surface area contributed by atoms with Crippen LogP contribution in [0.5, 0.6) is 0 Å².